The summed E-state index contributed by atoms with van der Waals surface area (Å²) in [6.07, 6.45) is 0.753. The third kappa shape index (κ3) is 4.17. The zero-order chi connectivity index (χ0) is 17.8. The van der Waals surface area contributed by atoms with Gasteiger partial charge < -0.3 is 9.64 Å². The van der Waals surface area contributed by atoms with Crippen molar-refractivity contribution in [1.82, 2.24) is 15.2 Å². The summed E-state index contributed by atoms with van der Waals surface area (Å²) in [7, 11) is 1.69. The first-order chi connectivity index (χ1) is 12.1. The van der Waals surface area contributed by atoms with Gasteiger partial charge in [-0.25, -0.2) is 5.43 Å². The number of carbonyl (C=O) groups is 2. The molecule has 0 radical (unpaired) electrons. The molecule has 0 atom stereocenters. The summed E-state index contributed by atoms with van der Waals surface area (Å²) in [5, 5.41) is 3.90. The summed E-state index contributed by atoms with van der Waals surface area (Å²) >= 11 is 0. The third-order valence-corrected chi connectivity index (χ3v) is 4.64. The third-order valence-electron chi connectivity index (χ3n) is 4.64. The number of ether oxygens (including phenoxy) is 1. The fourth-order valence-corrected chi connectivity index (χ4v) is 3.19. The van der Waals surface area contributed by atoms with Gasteiger partial charge >= 0.3 is 0 Å². The lowest BCUT2D eigenvalue weighted by Gasteiger charge is -2.35. The molecule has 0 spiro atoms. The Morgan fingerprint density at radius 3 is 2.64 bits per heavy atom. The summed E-state index contributed by atoms with van der Waals surface area (Å²) in [4.78, 5) is 27.8. The normalized spacial score (nSPS) is 18.6. The highest BCUT2D eigenvalue weighted by Crippen LogP contribution is 2.22. The number of hydrogen-bond acceptors (Lipinski definition) is 5. The van der Waals surface area contributed by atoms with Crippen LogP contribution in [0.25, 0.3) is 0 Å². The number of aryl methyl sites for hydroxylation is 1. The van der Waals surface area contributed by atoms with E-state index in [4.69, 9.17) is 4.74 Å². The number of piperazine rings is 1. The molecule has 2 amide bonds. The minimum Gasteiger partial charge on any atom is -0.496 e. The van der Waals surface area contributed by atoms with Crippen LogP contribution in [-0.2, 0) is 16.1 Å². The van der Waals surface area contributed by atoms with Crippen LogP contribution in [0.15, 0.2) is 23.3 Å². The second-order valence-electron chi connectivity index (χ2n) is 6.48. The van der Waals surface area contributed by atoms with Crippen LogP contribution >= 0.6 is 0 Å². The van der Waals surface area contributed by atoms with E-state index in [1.165, 1.54) is 11.1 Å². The van der Waals surface area contributed by atoms with Crippen molar-refractivity contribution in [3.63, 3.8) is 0 Å². The molecule has 7 nitrogen and oxygen atoms in total. The Bertz CT molecular complexity index is 694. The molecule has 25 heavy (non-hydrogen) atoms. The monoisotopic (exact) mass is 344 g/mol. The molecule has 1 aromatic carbocycles. The molecule has 1 saturated heterocycles. The number of hydrogen-bond donors (Lipinski definition) is 1. The van der Waals surface area contributed by atoms with Gasteiger partial charge in [-0.3, -0.25) is 14.5 Å². The van der Waals surface area contributed by atoms with Crippen LogP contribution in [0.2, 0.25) is 0 Å². The van der Waals surface area contributed by atoms with E-state index in [0.29, 0.717) is 31.6 Å². The van der Waals surface area contributed by atoms with Crippen LogP contribution in [0.4, 0.5) is 0 Å². The zero-order valence-electron chi connectivity index (χ0n) is 14.7. The SMILES string of the molecule is COc1ccc(C)cc1CN1CCN(C(=O)C2=NNC(=O)CC2)CC1. The maximum absolute atomic E-state index is 12.5. The standard InChI is InChI=1S/C18H24N4O3/c1-13-3-5-16(25-2)14(11-13)12-21-7-9-22(10-8-21)18(24)15-4-6-17(23)20-19-15/h3,5,11H,4,6-10,12H2,1-2H3,(H,20,23). The number of carbonyl (C=O) groups excluding carboxylic acids is 2. The van der Waals surface area contributed by atoms with Gasteiger partial charge in [-0.1, -0.05) is 17.7 Å². The predicted molar refractivity (Wildman–Crippen MR) is 94.4 cm³/mol. The van der Waals surface area contributed by atoms with Gasteiger partial charge in [0.25, 0.3) is 5.91 Å². The highest BCUT2D eigenvalue weighted by atomic mass is 16.5. The van der Waals surface area contributed by atoms with Crippen LogP contribution < -0.4 is 10.2 Å². The molecule has 2 heterocycles. The summed E-state index contributed by atoms with van der Waals surface area (Å²) in [5.74, 6) is 0.706. The van der Waals surface area contributed by atoms with Crippen molar-refractivity contribution >= 4 is 17.5 Å². The Kier molecular flexibility index (Phi) is 5.33. The molecule has 2 aliphatic rings. The largest absolute Gasteiger partial charge is 0.496 e. The maximum Gasteiger partial charge on any atom is 0.270 e. The number of hydrazone groups is 1. The Morgan fingerprint density at radius 2 is 2.00 bits per heavy atom. The average Bonchev–Trinajstić information content (AvgIpc) is 2.63. The van der Waals surface area contributed by atoms with Crippen molar-refractivity contribution in [2.24, 2.45) is 5.10 Å². The first-order valence-electron chi connectivity index (χ1n) is 8.57. The molecule has 1 aromatic rings. The second kappa shape index (κ2) is 7.65. The lowest BCUT2D eigenvalue weighted by atomic mass is 10.1. The number of rotatable bonds is 4. The second-order valence-corrected chi connectivity index (χ2v) is 6.48. The molecule has 0 bridgehead atoms. The van der Waals surface area contributed by atoms with Gasteiger partial charge in [0.2, 0.25) is 5.91 Å². The first kappa shape index (κ1) is 17.4. The predicted octanol–water partition coefficient (Wildman–Crippen LogP) is 0.914. The molecule has 0 saturated carbocycles. The molecule has 7 heteroatoms. The number of amides is 2. The van der Waals surface area contributed by atoms with Crippen molar-refractivity contribution in [2.75, 3.05) is 33.3 Å². The molecule has 1 fully saturated rings. The number of methoxy groups -OCH3 is 1. The molecule has 0 aliphatic carbocycles. The van der Waals surface area contributed by atoms with E-state index in [2.05, 4.69) is 28.4 Å². The van der Waals surface area contributed by atoms with Gasteiger partial charge in [0.15, 0.2) is 0 Å². The minimum absolute atomic E-state index is 0.0622. The quantitative estimate of drug-likeness (QED) is 0.881. The van der Waals surface area contributed by atoms with Gasteiger partial charge in [0, 0.05) is 51.1 Å². The lowest BCUT2D eigenvalue weighted by molar-refractivity contribution is -0.126. The van der Waals surface area contributed by atoms with Crippen molar-refractivity contribution in [1.29, 1.82) is 0 Å². The van der Waals surface area contributed by atoms with Gasteiger partial charge in [0.05, 0.1) is 7.11 Å². The minimum atomic E-state index is -0.131. The maximum atomic E-state index is 12.5. The molecule has 0 unspecified atom stereocenters. The van der Waals surface area contributed by atoms with E-state index in [1.807, 2.05) is 17.0 Å². The van der Waals surface area contributed by atoms with E-state index in [9.17, 15) is 9.59 Å². The number of nitrogens with one attached hydrogen (secondary N) is 1. The van der Waals surface area contributed by atoms with Crippen LogP contribution in [0, 0.1) is 6.92 Å². The van der Waals surface area contributed by atoms with Crippen molar-refractivity contribution in [3.05, 3.63) is 29.3 Å². The topological polar surface area (TPSA) is 74.2 Å². The molecule has 2 aliphatic heterocycles. The average molecular weight is 344 g/mol. The van der Waals surface area contributed by atoms with Crippen molar-refractivity contribution in [3.8, 4) is 5.75 Å². The Morgan fingerprint density at radius 1 is 1.24 bits per heavy atom. The summed E-state index contributed by atoms with van der Waals surface area (Å²) in [6, 6.07) is 6.19. The zero-order valence-corrected chi connectivity index (χ0v) is 14.7. The lowest BCUT2D eigenvalue weighted by Crippen LogP contribution is -2.51. The molecular weight excluding hydrogens is 320 g/mol. The Balaban J connectivity index is 1.56. The van der Waals surface area contributed by atoms with Crippen molar-refractivity contribution < 1.29 is 14.3 Å². The molecule has 0 aromatic heterocycles. The van der Waals surface area contributed by atoms with Crippen molar-refractivity contribution in [2.45, 2.75) is 26.3 Å². The fraction of sp³-hybridized carbons (Fsp3) is 0.500. The summed E-state index contributed by atoms with van der Waals surface area (Å²) in [5.41, 5.74) is 5.22. The smallest absolute Gasteiger partial charge is 0.270 e. The first-order valence-corrected chi connectivity index (χ1v) is 8.57. The van der Waals surface area contributed by atoms with E-state index in [1.54, 1.807) is 7.11 Å². The Hall–Kier alpha value is -2.41. The molecule has 134 valence electrons. The van der Waals surface area contributed by atoms with Crippen LogP contribution in [0.3, 0.4) is 0 Å². The van der Waals surface area contributed by atoms with Gasteiger partial charge in [0.1, 0.15) is 11.5 Å². The van der Waals surface area contributed by atoms with E-state index < -0.39 is 0 Å². The molecular formula is C18H24N4O3. The van der Waals surface area contributed by atoms with E-state index in [0.717, 1.165) is 25.4 Å². The van der Waals surface area contributed by atoms with Gasteiger partial charge in [-0.2, -0.15) is 5.10 Å². The van der Waals surface area contributed by atoms with Gasteiger partial charge in [-0.15, -0.1) is 0 Å². The highest BCUT2D eigenvalue weighted by Gasteiger charge is 2.27. The number of nitrogens with zero attached hydrogens (tertiary/aromatic N) is 3. The van der Waals surface area contributed by atoms with Gasteiger partial charge in [-0.05, 0) is 13.0 Å². The van der Waals surface area contributed by atoms with E-state index in [-0.39, 0.29) is 11.8 Å². The molecule has 3 rings (SSSR count). The fourth-order valence-electron chi connectivity index (χ4n) is 3.19. The Labute approximate surface area is 147 Å². The van der Waals surface area contributed by atoms with E-state index >= 15 is 0 Å². The summed E-state index contributed by atoms with van der Waals surface area (Å²) < 4.78 is 5.45. The van der Waals surface area contributed by atoms with Crippen LogP contribution in [0.5, 0.6) is 5.75 Å². The summed E-state index contributed by atoms with van der Waals surface area (Å²) in [6.45, 7) is 5.83. The van der Waals surface area contributed by atoms with Crippen LogP contribution in [-0.4, -0.2) is 60.6 Å². The number of benzene rings is 1. The molecule has 1 N–H and O–H groups in total. The van der Waals surface area contributed by atoms with Crippen LogP contribution in [0.1, 0.15) is 24.0 Å². The highest BCUT2D eigenvalue weighted by molar-refractivity contribution is 6.39.